The number of hydrogen-bond donors (Lipinski definition) is 0. The number of ether oxygens (including phenoxy) is 1. The molecule has 7 nitrogen and oxygen atoms in total. The number of fused-ring (bicyclic) bond motifs is 1. The van der Waals surface area contributed by atoms with E-state index in [2.05, 4.69) is 32.6 Å². The molecule has 0 saturated heterocycles. The molecule has 26 heavy (non-hydrogen) atoms. The van der Waals surface area contributed by atoms with E-state index in [1.807, 2.05) is 27.0 Å². The zero-order chi connectivity index (χ0) is 18.3. The fourth-order valence-electron chi connectivity index (χ4n) is 3.32. The Morgan fingerprint density at radius 1 is 1.15 bits per heavy atom. The zero-order valence-electron chi connectivity index (χ0n) is 15.6. The van der Waals surface area contributed by atoms with Crippen LogP contribution in [0.15, 0.2) is 22.9 Å². The van der Waals surface area contributed by atoms with Crippen LogP contribution in [0.4, 0.5) is 0 Å². The van der Waals surface area contributed by atoms with Gasteiger partial charge in [-0.2, -0.15) is 4.98 Å². The highest BCUT2D eigenvalue weighted by Crippen LogP contribution is 2.35. The molecule has 0 aliphatic heterocycles. The van der Waals surface area contributed by atoms with Crippen molar-refractivity contribution in [3.05, 3.63) is 41.2 Å². The molecule has 7 heteroatoms. The molecule has 2 heterocycles. The van der Waals surface area contributed by atoms with Crippen LogP contribution in [-0.2, 0) is 12.8 Å². The summed E-state index contributed by atoms with van der Waals surface area (Å²) in [5, 5.41) is 12.7. The minimum atomic E-state index is -0.184. The molecule has 0 fully saturated rings. The van der Waals surface area contributed by atoms with Crippen LogP contribution in [0.1, 0.15) is 62.0 Å². The van der Waals surface area contributed by atoms with Crippen LogP contribution in [0.5, 0.6) is 5.75 Å². The summed E-state index contributed by atoms with van der Waals surface area (Å²) in [6.07, 6.45) is 5.33. The third-order valence-electron chi connectivity index (χ3n) is 4.93. The highest BCUT2D eigenvalue weighted by Gasteiger charge is 2.21. The van der Waals surface area contributed by atoms with E-state index in [1.165, 1.54) is 17.5 Å². The lowest BCUT2D eigenvalue weighted by Gasteiger charge is -2.09. The zero-order valence-corrected chi connectivity index (χ0v) is 15.6. The normalized spacial score (nSPS) is 14.7. The first-order valence-corrected chi connectivity index (χ1v) is 9.02. The smallest absolute Gasteiger partial charge is 0.251 e. The van der Waals surface area contributed by atoms with Crippen LogP contribution in [0, 0.1) is 0 Å². The van der Waals surface area contributed by atoms with Crippen molar-refractivity contribution in [3.63, 3.8) is 0 Å². The van der Waals surface area contributed by atoms with Crippen LogP contribution < -0.4 is 4.74 Å². The van der Waals surface area contributed by atoms with Gasteiger partial charge in [0.15, 0.2) is 5.82 Å². The second kappa shape index (κ2) is 6.55. The molecule has 1 atom stereocenters. The lowest BCUT2D eigenvalue weighted by molar-refractivity contribution is 0.330. The van der Waals surface area contributed by atoms with Gasteiger partial charge in [0, 0.05) is 11.5 Å². The van der Waals surface area contributed by atoms with Gasteiger partial charge in [-0.25, -0.2) is 4.68 Å². The van der Waals surface area contributed by atoms with E-state index in [9.17, 15) is 0 Å². The van der Waals surface area contributed by atoms with Crippen molar-refractivity contribution in [1.29, 1.82) is 0 Å². The number of methoxy groups -OCH3 is 1. The molecule has 1 aromatic carbocycles. The van der Waals surface area contributed by atoms with E-state index in [0.717, 1.165) is 29.8 Å². The molecule has 1 unspecified atom stereocenters. The van der Waals surface area contributed by atoms with E-state index < -0.39 is 0 Å². The summed E-state index contributed by atoms with van der Waals surface area (Å²) >= 11 is 0. The monoisotopic (exact) mass is 353 g/mol. The standard InChI is InChI=1S/C19H23N5O2/c1-11(2)18-20-19(26-22-18)12(3)24-10-16(21-23-24)15-8-13-6-5-7-14(13)9-17(15)25-4/h8-12H,5-7H2,1-4H3. The number of benzene rings is 1. The van der Waals surface area contributed by atoms with Crippen LogP contribution >= 0.6 is 0 Å². The Kier molecular flexibility index (Phi) is 4.22. The lowest BCUT2D eigenvalue weighted by atomic mass is 10.0. The maximum absolute atomic E-state index is 5.59. The SMILES string of the molecule is COc1cc2c(cc1-c1cn(C(C)c3nc(C(C)C)no3)nn1)CCC2. The van der Waals surface area contributed by atoms with Crippen LogP contribution in [0.3, 0.4) is 0 Å². The average Bonchev–Trinajstić information content (AvgIpc) is 3.39. The molecule has 0 bridgehead atoms. The molecule has 0 spiro atoms. The molecular weight excluding hydrogens is 330 g/mol. The van der Waals surface area contributed by atoms with Gasteiger partial charge in [-0.1, -0.05) is 24.2 Å². The Morgan fingerprint density at radius 2 is 1.92 bits per heavy atom. The quantitative estimate of drug-likeness (QED) is 0.698. The second-order valence-corrected chi connectivity index (χ2v) is 7.08. The van der Waals surface area contributed by atoms with E-state index in [1.54, 1.807) is 11.8 Å². The van der Waals surface area contributed by atoms with Gasteiger partial charge in [-0.15, -0.1) is 5.10 Å². The fraction of sp³-hybridized carbons (Fsp3) is 0.474. The van der Waals surface area contributed by atoms with E-state index in [4.69, 9.17) is 9.26 Å². The van der Waals surface area contributed by atoms with Gasteiger partial charge in [0.2, 0.25) is 0 Å². The third kappa shape index (κ3) is 2.87. The summed E-state index contributed by atoms with van der Waals surface area (Å²) in [6, 6.07) is 4.13. The maximum Gasteiger partial charge on any atom is 0.251 e. The fourth-order valence-corrected chi connectivity index (χ4v) is 3.32. The molecule has 0 radical (unpaired) electrons. The molecule has 1 aliphatic rings. The molecule has 0 saturated carbocycles. The summed E-state index contributed by atoms with van der Waals surface area (Å²) in [6.45, 7) is 6.04. The van der Waals surface area contributed by atoms with Gasteiger partial charge < -0.3 is 9.26 Å². The van der Waals surface area contributed by atoms with Crippen molar-refractivity contribution in [2.45, 2.75) is 52.0 Å². The van der Waals surface area contributed by atoms with Crippen molar-refractivity contribution >= 4 is 0 Å². The van der Waals surface area contributed by atoms with Crippen LogP contribution in [0.2, 0.25) is 0 Å². The number of nitrogens with zero attached hydrogens (tertiary/aromatic N) is 5. The molecule has 3 aromatic rings. The molecule has 136 valence electrons. The van der Waals surface area contributed by atoms with Gasteiger partial charge >= 0.3 is 0 Å². The van der Waals surface area contributed by atoms with Crippen molar-refractivity contribution in [3.8, 4) is 17.0 Å². The largest absolute Gasteiger partial charge is 0.496 e. The predicted octanol–water partition coefficient (Wildman–Crippen LogP) is 3.56. The first-order chi connectivity index (χ1) is 12.6. The number of hydrogen-bond acceptors (Lipinski definition) is 6. The molecule has 2 aromatic heterocycles. The predicted molar refractivity (Wildman–Crippen MR) is 96.2 cm³/mol. The molecule has 0 N–H and O–H groups in total. The van der Waals surface area contributed by atoms with Crippen LogP contribution in [0.25, 0.3) is 11.3 Å². The first kappa shape index (κ1) is 16.8. The Morgan fingerprint density at radius 3 is 2.62 bits per heavy atom. The molecule has 0 amide bonds. The van der Waals surface area contributed by atoms with Crippen LogP contribution in [-0.4, -0.2) is 32.2 Å². The topological polar surface area (TPSA) is 78.9 Å². The van der Waals surface area contributed by atoms with Gasteiger partial charge in [0.1, 0.15) is 17.5 Å². The van der Waals surface area contributed by atoms with E-state index >= 15 is 0 Å². The summed E-state index contributed by atoms with van der Waals surface area (Å²) in [7, 11) is 1.69. The Labute approximate surface area is 152 Å². The number of rotatable bonds is 5. The Bertz CT molecular complexity index is 928. The van der Waals surface area contributed by atoms with Crippen molar-refractivity contribution in [2.24, 2.45) is 0 Å². The third-order valence-corrected chi connectivity index (χ3v) is 4.93. The van der Waals surface area contributed by atoms with Crippen molar-refractivity contribution in [2.75, 3.05) is 7.11 Å². The van der Waals surface area contributed by atoms with Gasteiger partial charge in [0.05, 0.1) is 13.3 Å². The van der Waals surface area contributed by atoms with Crippen molar-refractivity contribution < 1.29 is 9.26 Å². The van der Waals surface area contributed by atoms with E-state index in [-0.39, 0.29) is 12.0 Å². The summed E-state index contributed by atoms with van der Waals surface area (Å²) in [4.78, 5) is 4.46. The second-order valence-electron chi connectivity index (χ2n) is 7.08. The number of aromatic nitrogens is 5. The van der Waals surface area contributed by atoms with Crippen molar-refractivity contribution in [1.82, 2.24) is 25.1 Å². The summed E-state index contributed by atoms with van der Waals surface area (Å²) < 4.78 is 12.7. The molecule has 4 rings (SSSR count). The van der Waals surface area contributed by atoms with E-state index in [0.29, 0.717) is 11.7 Å². The lowest BCUT2D eigenvalue weighted by Crippen LogP contribution is -2.08. The minimum absolute atomic E-state index is 0.184. The number of aryl methyl sites for hydroxylation is 2. The van der Waals surface area contributed by atoms with Gasteiger partial charge in [-0.05, 0) is 49.4 Å². The van der Waals surface area contributed by atoms with Gasteiger partial charge in [-0.3, -0.25) is 0 Å². The first-order valence-electron chi connectivity index (χ1n) is 9.02. The molecular formula is C19H23N5O2. The highest BCUT2D eigenvalue weighted by atomic mass is 16.5. The maximum atomic E-state index is 5.59. The summed E-state index contributed by atoms with van der Waals surface area (Å²) in [5.74, 6) is 2.30. The van der Waals surface area contributed by atoms with Gasteiger partial charge in [0.25, 0.3) is 5.89 Å². The Hall–Kier alpha value is -2.70. The Balaban J connectivity index is 1.65. The summed E-state index contributed by atoms with van der Waals surface area (Å²) in [5.41, 5.74) is 4.51. The highest BCUT2D eigenvalue weighted by molar-refractivity contribution is 5.69. The molecule has 1 aliphatic carbocycles. The minimum Gasteiger partial charge on any atom is -0.496 e. The average molecular weight is 353 g/mol.